The molecule has 31 heavy (non-hydrogen) atoms. The Morgan fingerprint density at radius 1 is 0.968 bits per heavy atom. The quantitative estimate of drug-likeness (QED) is 0.151. The molecule has 0 aliphatic heterocycles. The highest BCUT2D eigenvalue weighted by molar-refractivity contribution is 5.87. The third-order valence-corrected chi connectivity index (χ3v) is 5.02. The minimum absolute atomic E-state index is 0.309. The number of benzene rings is 2. The van der Waals surface area contributed by atoms with Crippen LogP contribution in [-0.2, 0) is 9.53 Å². The summed E-state index contributed by atoms with van der Waals surface area (Å²) in [5, 5.41) is 0. The second-order valence-electron chi connectivity index (χ2n) is 7.80. The molecule has 4 heteroatoms. The van der Waals surface area contributed by atoms with Gasteiger partial charge in [-0.05, 0) is 65.9 Å². The Bertz CT molecular complexity index is 823. The number of hydrogen-bond donors (Lipinski definition) is 0. The van der Waals surface area contributed by atoms with E-state index in [2.05, 4.69) is 25.8 Å². The number of rotatable bonds is 13. The molecule has 0 N–H and O–H groups in total. The Labute approximate surface area is 187 Å². The van der Waals surface area contributed by atoms with Gasteiger partial charge in [0.25, 0.3) is 0 Å². The molecule has 0 saturated heterocycles. The third-order valence-electron chi connectivity index (χ3n) is 5.02. The zero-order chi connectivity index (χ0) is 22.3. The lowest BCUT2D eigenvalue weighted by molar-refractivity contribution is -0.138. The van der Waals surface area contributed by atoms with Crippen molar-refractivity contribution >= 4 is 23.9 Å². The maximum absolute atomic E-state index is 11.7. The topological polar surface area (TPSA) is 47.9 Å². The number of hydrogen-bond acceptors (Lipinski definition) is 4. The van der Waals surface area contributed by atoms with Crippen LogP contribution in [-0.4, -0.2) is 25.4 Å². The van der Waals surface area contributed by atoms with Crippen LogP contribution in [0.15, 0.2) is 59.6 Å². The maximum atomic E-state index is 11.7. The summed E-state index contributed by atoms with van der Waals surface area (Å²) in [6.45, 7) is 7.58. The normalized spacial score (nSPS) is 12.4. The summed E-state index contributed by atoms with van der Waals surface area (Å²) >= 11 is 0. The zero-order valence-corrected chi connectivity index (χ0v) is 19.0. The van der Waals surface area contributed by atoms with Gasteiger partial charge in [0, 0.05) is 12.3 Å². The van der Waals surface area contributed by atoms with E-state index in [-0.39, 0.29) is 5.97 Å². The fourth-order valence-corrected chi connectivity index (χ4v) is 2.74. The number of carbonyl (C=O) groups is 1. The highest BCUT2D eigenvalue weighted by Gasteiger charge is 2.02. The van der Waals surface area contributed by atoms with Gasteiger partial charge in [-0.25, -0.2) is 4.79 Å². The number of unbranched alkanes of at least 4 members (excludes halogenated alkanes) is 3. The van der Waals surface area contributed by atoms with Gasteiger partial charge < -0.3 is 9.47 Å². The Hall–Kier alpha value is -2.88. The molecular formula is C27H35NO3. The Morgan fingerprint density at radius 2 is 1.68 bits per heavy atom. The van der Waals surface area contributed by atoms with E-state index in [1.807, 2.05) is 54.7 Å². The number of nitrogens with zero attached hydrogens (tertiary/aromatic N) is 1. The Balaban J connectivity index is 1.80. The largest absolute Gasteiger partial charge is 0.494 e. The van der Waals surface area contributed by atoms with E-state index in [4.69, 9.17) is 9.47 Å². The Kier molecular flexibility index (Phi) is 11.2. The molecule has 0 fully saturated rings. The molecule has 1 unspecified atom stereocenters. The lowest BCUT2D eigenvalue weighted by atomic mass is 10.1. The predicted octanol–water partition coefficient (Wildman–Crippen LogP) is 7.00. The van der Waals surface area contributed by atoms with Crippen LogP contribution in [0.4, 0.5) is 5.69 Å². The van der Waals surface area contributed by atoms with Crippen molar-refractivity contribution in [1.82, 2.24) is 0 Å². The van der Waals surface area contributed by atoms with Crippen LogP contribution in [0.3, 0.4) is 0 Å². The van der Waals surface area contributed by atoms with Crippen molar-refractivity contribution in [2.75, 3.05) is 13.2 Å². The first-order valence-electron chi connectivity index (χ1n) is 11.3. The molecule has 2 rings (SSSR count). The van der Waals surface area contributed by atoms with Gasteiger partial charge in [-0.15, -0.1) is 0 Å². The minimum Gasteiger partial charge on any atom is -0.494 e. The van der Waals surface area contributed by atoms with Crippen molar-refractivity contribution in [2.45, 2.75) is 52.9 Å². The fourth-order valence-electron chi connectivity index (χ4n) is 2.74. The van der Waals surface area contributed by atoms with Crippen LogP contribution in [0.5, 0.6) is 5.75 Å². The molecule has 0 heterocycles. The van der Waals surface area contributed by atoms with E-state index in [9.17, 15) is 4.79 Å². The van der Waals surface area contributed by atoms with Gasteiger partial charge in [0.1, 0.15) is 5.75 Å². The zero-order valence-electron chi connectivity index (χ0n) is 19.0. The molecular weight excluding hydrogens is 386 g/mol. The van der Waals surface area contributed by atoms with E-state index < -0.39 is 0 Å². The SMILES string of the molecule is CCCCCCOc1ccc(/C=N/c2ccc(/C=C/C(=O)OCC(C)CC)cc2)cc1. The first-order valence-corrected chi connectivity index (χ1v) is 11.3. The fraction of sp³-hybridized carbons (Fsp3) is 0.407. The summed E-state index contributed by atoms with van der Waals surface area (Å²) in [7, 11) is 0. The van der Waals surface area contributed by atoms with Gasteiger partial charge in [-0.2, -0.15) is 0 Å². The molecule has 0 spiro atoms. The molecule has 0 aliphatic carbocycles. The molecule has 0 bridgehead atoms. The van der Waals surface area contributed by atoms with Crippen molar-refractivity contribution in [1.29, 1.82) is 0 Å². The molecule has 166 valence electrons. The summed E-state index contributed by atoms with van der Waals surface area (Å²) in [6.07, 6.45) is 10.9. The number of carbonyl (C=O) groups excluding carboxylic acids is 1. The molecule has 0 aliphatic rings. The summed E-state index contributed by atoms with van der Waals surface area (Å²) in [5.41, 5.74) is 2.80. The lowest BCUT2D eigenvalue weighted by Crippen LogP contribution is -2.08. The third kappa shape index (κ3) is 10.1. The van der Waals surface area contributed by atoms with Crippen LogP contribution in [0, 0.1) is 5.92 Å². The highest BCUT2D eigenvalue weighted by Crippen LogP contribution is 2.16. The number of esters is 1. The van der Waals surface area contributed by atoms with Gasteiger partial charge in [0.15, 0.2) is 0 Å². The summed E-state index contributed by atoms with van der Waals surface area (Å²) < 4.78 is 11.0. The van der Waals surface area contributed by atoms with Crippen molar-refractivity contribution in [3.8, 4) is 5.75 Å². The molecule has 0 radical (unpaired) electrons. The predicted molar refractivity (Wildman–Crippen MR) is 129 cm³/mol. The molecule has 0 saturated carbocycles. The van der Waals surface area contributed by atoms with E-state index in [1.54, 1.807) is 6.08 Å². The standard InChI is InChI=1S/C27H35NO3/c1-4-6-7-8-19-30-26-16-11-24(12-17-26)20-28-25-14-9-23(10-15-25)13-18-27(29)31-21-22(3)5-2/h9-18,20,22H,4-8,19,21H2,1-3H3/b18-13+,28-20+. The second kappa shape index (κ2) is 14.2. The second-order valence-corrected chi connectivity index (χ2v) is 7.80. The van der Waals surface area contributed by atoms with Crippen molar-refractivity contribution < 1.29 is 14.3 Å². The van der Waals surface area contributed by atoms with Crippen LogP contribution >= 0.6 is 0 Å². The summed E-state index contributed by atoms with van der Waals surface area (Å²) in [4.78, 5) is 16.3. The highest BCUT2D eigenvalue weighted by atomic mass is 16.5. The molecule has 2 aromatic carbocycles. The van der Waals surface area contributed by atoms with Gasteiger partial charge in [0.2, 0.25) is 0 Å². The number of ether oxygens (including phenoxy) is 2. The maximum Gasteiger partial charge on any atom is 0.330 e. The average Bonchev–Trinajstić information content (AvgIpc) is 2.81. The van der Waals surface area contributed by atoms with E-state index in [0.29, 0.717) is 12.5 Å². The first-order chi connectivity index (χ1) is 15.1. The monoisotopic (exact) mass is 421 g/mol. The van der Waals surface area contributed by atoms with Gasteiger partial charge in [-0.1, -0.05) is 58.6 Å². The smallest absolute Gasteiger partial charge is 0.330 e. The molecule has 4 nitrogen and oxygen atoms in total. The molecule has 2 aromatic rings. The van der Waals surface area contributed by atoms with Crippen molar-refractivity contribution in [3.63, 3.8) is 0 Å². The van der Waals surface area contributed by atoms with Crippen LogP contribution in [0.1, 0.15) is 64.0 Å². The van der Waals surface area contributed by atoms with Gasteiger partial charge >= 0.3 is 5.97 Å². The van der Waals surface area contributed by atoms with Crippen molar-refractivity contribution in [3.05, 3.63) is 65.7 Å². The molecule has 0 amide bonds. The number of aliphatic imine (C=N–C) groups is 1. The average molecular weight is 422 g/mol. The van der Waals surface area contributed by atoms with Crippen LogP contribution in [0.25, 0.3) is 6.08 Å². The van der Waals surface area contributed by atoms with Crippen LogP contribution < -0.4 is 4.74 Å². The first kappa shape index (κ1) is 24.4. The van der Waals surface area contributed by atoms with E-state index in [0.717, 1.165) is 42.0 Å². The van der Waals surface area contributed by atoms with Crippen molar-refractivity contribution in [2.24, 2.45) is 10.9 Å². The summed E-state index contributed by atoms with van der Waals surface area (Å²) in [5.74, 6) is 0.969. The lowest BCUT2D eigenvalue weighted by Gasteiger charge is -2.07. The van der Waals surface area contributed by atoms with Gasteiger partial charge in [-0.3, -0.25) is 4.99 Å². The van der Waals surface area contributed by atoms with E-state index >= 15 is 0 Å². The van der Waals surface area contributed by atoms with E-state index in [1.165, 1.54) is 25.3 Å². The Morgan fingerprint density at radius 3 is 2.35 bits per heavy atom. The molecule has 1 atom stereocenters. The van der Waals surface area contributed by atoms with Gasteiger partial charge in [0.05, 0.1) is 18.9 Å². The minimum atomic E-state index is -0.309. The summed E-state index contributed by atoms with van der Waals surface area (Å²) in [6, 6.07) is 15.7. The van der Waals surface area contributed by atoms with Crippen LogP contribution in [0.2, 0.25) is 0 Å². The molecule has 0 aromatic heterocycles.